The maximum Gasteiger partial charge on any atom is 0.449 e. The van der Waals surface area contributed by atoms with Gasteiger partial charge >= 0.3 is 6.18 Å². The molecule has 16 heavy (non-hydrogen) atoms. The van der Waals surface area contributed by atoms with E-state index in [1.807, 2.05) is 0 Å². The standard InChI is InChI=1S/C9H8F3N3O/c1-16-5-3-2-4(13)6-7(5)15-8(14-6)9(10,11)12/h2-3H,13H2,1H3,(H,14,15). The summed E-state index contributed by atoms with van der Waals surface area (Å²) in [7, 11) is 1.36. The van der Waals surface area contributed by atoms with Gasteiger partial charge in [-0.25, -0.2) is 4.98 Å². The highest BCUT2D eigenvalue weighted by Crippen LogP contribution is 2.33. The second kappa shape index (κ2) is 3.29. The van der Waals surface area contributed by atoms with Gasteiger partial charge in [0, 0.05) is 0 Å². The number of hydrogen-bond donors (Lipinski definition) is 2. The average molecular weight is 231 g/mol. The number of fused-ring (bicyclic) bond motifs is 1. The monoisotopic (exact) mass is 231 g/mol. The lowest BCUT2D eigenvalue weighted by Crippen LogP contribution is -2.06. The van der Waals surface area contributed by atoms with Crippen molar-refractivity contribution in [3.63, 3.8) is 0 Å². The summed E-state index contributed by atoms with van der Waals surface area (Å²) >= 11 is 0. The Hall–Kier alpha value is -1.92. The predicted octanol–water partition coefficient (Wildman–Crippen LogP) is 2.17. The van der Waals surface area contributed by atoms with E-state index in [0.717, 1.165) is 0 Å². The molecule has 0 radical (unpaired) electrons. The summed E-state index contributed by atoms with van der Waals surface area (Å²) in [5.74, 6) is -0.814. The summed E-state index contributed by atoms with van der Waals surface area (Å²) in [5.41, 5.74) is 5.91. The van der Waals surface area contributed by atoms with Gasteiger partial charge in [-0.2, -0.15) is 13.2 Å². The Kier molecular flexibility index (Phi) is 2.18. The number of nitrogens with zero attached hydrogens (tertiary/aromatic N) is 1. The SMILES string of the molecule is COc1ccc(N)c2nc(C(F)(F)F)[nH]c12. The van der Waals surface area contributed by atoms with Crippen molar-refractivity contribution in [2.45, 2.75) is 6.18 Å². The van der Waals surface area contributed by atoms with Gasteiger partial charge in [0.25, 0.3) is 0 Å². The third-order valence-corrected chi connectivity index (χ3v) is 2.13. The molecule has 4 nitrogen and oxygen atoms in total. The normalized spacial score (nSPS) is 12.0. The van der Waals surface area contributed by atoms with Gasteiger partial charge in [0.2, 0.25) is 5.82 Å². The highest BCUT2D eigenvalue weighted by Gasteiger charge is 2.35. The number of imidazole rings is 1. The van der Waals surface area contributed by atoms with Crippen LogP contribution < -0.4 is 10.5 Å². The molecule has 1 aromatic carbocycles. The van der Waals surface area contributed by atoms with Crippen molar-refractivity contribution in [3.8, 4) is 5.75 Å². The van der Waals surface area contributed by atoms with Gasteiger partial charge < -0.3 is 15.5 Å². The molecule has 0 fully saturated rings. The first-order valence-electron chi connectivity index (χ1n) is 4.33. The van der Waals surface area contributed by atoms with Gasteiger partial charge in [-0.1, -0.05) is 0 Å². The number of halogens is 3. The highest BCUT2D eigenvalue weighted by atomic mass is 19.4. The maximum absolute atomic E-state index is 12.4. The number of aromatic nitrogens is 2. The van der Waals surface area contributed by atoms with Crippen molar-refractivity contribution in [3.05, 3.63) is 18.0 Å². The molecule has 86 valence electrons. The number of nitrogens with one attached hydrogen (secondary N) is 1. The molecule has 7 heteroatoms. The number of nitrogen functional groups attached to an aromatic ring is 1. The summed E-state index contributed by atoms with van der Waals surface area (Å²) in [6.07, 6.45) is -4.53. The van der Waals surface area contributed by atoms with Crippen LogP contribution in [0.2, 0.25) is 0 Å². The zero-order valence-corrected chi connectivity index (χ0v) is 8.22. The Morgan fingerprint density at radius 2 is 2.06 bits per heavy atom. The van der Waals surface area contributed by atoms with Crippen molar-refractivity contribution in [2.24, 2.45) is 0 Å². The van der Waals surface area contributed by atoms with Crippen LogP contribution in [-0.2, 0) is 6.18 Å². The van der Waals surface area contributed by atoms with Gasteiger partial charge in [-0.05, 0) is 12.1 Å². The molecule has 0 bridgehead atoms. The van der Waals surface area contributed by atoms with Crippen molar-refractivity contribution < 1.29 is 17.9 Å². The number of ether oxygens (including phenoxy) is 1. The van der Waals surface area contributed by atoms with Crippen LogP contribution in [-0.4, -0.2) is 17.1 Å². The predicted molar refractivity (Wildman–Crippen MR) is 52.1 cm³/mol. The van der Waals surface area contributed by atoms with Crippen LogP contribution >= 0.6 is 0 Å². The van der Waals surface area contributed by atoms with Crippen LogP contribution in [0.15, 0.2) is 12.1 Å². The first kappa shape index (κ1) is 10.6. The fourth-order valence-corrected chi connectivity index (χ4v) is 1.39. The fraction of sp³-hybridized carbons (Fsp3) is 0.222. The highest BCUT2D eigenvalue weighted by molar-refractivity contribution is 5.91. The molecule has 0 aliphatic heterocycles. The van der Waals surface area contributed by atoms with Crippen LogP contribution in [0.1, 0.15) is 5.82 Å². The lowest BCUT2D eigenvalue weighted by Gasteiger charge is -2.01. The lowest BCUT2D eigenvalue weighted by molar-refractivity contribution is -0.144. The van der Waals surface area contributed by atoms with E-state index in [4.69, 9.17) is 10.5 Å². The number of nitrogens with two attached hydrogens (primary N) is 1. The first-order chi connectivity index (χ1) is 7.43. The largest absolute Gasteiger partial charge is 0.494 e. The smallest absolute Gasteiger partial charge is 0.449 e. The fourth-order valence-electron chi connectivity index (χ4n) is 1.39. The number of rotatable bonds is 1. The second-order valence-electron chi connectivity index (χ2n) is 3.16. The summed E-state index contributed by atoms with van der Waals surface area (Å²) < 4.78 is 42.2. The zero-order valence-electron chi connectivity index (χ0n) is 8.22. The number of alkyl halides is 3. The molecule has 1 heterocycles. The Morgan fingerprint density at radius 1 is 1.38 bits per heavy atom. The number of methoxy groups -OCH3 is 1. The van der Waals surface area contributed by atoms with Crippen LogP contribution in [0.3, 0.4) is 0 Å². The maximum atomic E-state index is 12.4. The number of hydrogen-bond acceptors (Lipinski definition) is 3. The molecular weight excluding hydrogens is 223 g/mol. The molecule has 2 aromatic rings. The van der Waals surface area contributed by atoms with E-state index in [9.17, 15) is 13.2 Å². The molecule has 3 N–H and O–H groups in total. The Bertz CT molecular complexity index is 533. The number of H-pyrrole nitrogens is 1. The van der Waals surface area contributed by atoms with Crippen LogP contribution in [0, 0.1) is 0 Å². The van der Waals surface area contributed by atoms with Crippen molar-refractivity contribution in [2.75, 3.05) is 12.8 Å². The number of aromatic amines is 1. The van der Waals surface area contributed by atoms with Crippen LogP contribution in [0.25, 0.3) is 11.0 Å². The van der Waals surface area contributed by atoms with E-state index >= 15 is 0 Å². The minimum Gasteiger partial charge on any atom is -0.494 e. The number of anilines is 1. The van der Waals surface area contributed by atoms with E-state index in [2.05, 4.69) is 9.97 Å². The molecule has 0 atom stereocenters. The summed E-state index contributed by atoms with van der Waals surface area (Å²) in [4.78, 5) is 5.56. The summed E-state index contributed by atoms with van der Waals surface area (Å²) in [6, 6.07) is 2.93. The second-order valence-corrected chi connectivity index (χ2v) is 3.16. The van der Waals surface area contributed by atoms with E-state index in [-0.39, 0.29) is 22.5 Å². The molecule has 0 saturated carbocycles. The Labute approximate surface area is 88.2 Å². The minimum atomic E-state index is -4.53. The first-order valence-corrected chi connectivity index (χ1v) is 4.33. The van der Waals surface area contributed by atoms with Gasteiger partial charge in [-0.3, -0.25) is 0 Å². The van der Waals surface area contributed by atoms with E-state index in [1.165, 1.54) is 19.2 Å². The molecule has 2 rings (SSSR count). The lowest BCUT2D eigenvalue weighted by atomic mass is 10.2. The zero-order chi connectivity index (χ0) is 11.9. The topological polar surface area (TPSA) is 63.9 Å². The molecule has 1 aromatic heterocycles. The summed E-state index contributed by atoms with van der Waals surface area (Å²) in [5, 5.41) is 0. The van der Waals surface area contributed by atoms with Crippen molar-refractivity contribution in [1.82, 2.24) is 9.97 Å². The van der Waals surface area contributed by atoms with Gasteiger partial charge in [-0.15, -0.1) is 0 Å². The van der Waals surface area contributed by atoms with E-state index in [0.29, 0.717) is 0 Å². The third kappa shape index (κ3) is 1.54. The molecule has 0 saturated heterocycles. The Balaban J connectivity index is 2.73. The quantitative estimate of drug-likeness (QED) is 0.739. The molecule has 0 unspecified atom stereocenters. The molecule has 0 amide bonds. The average Bonchev–Trinajstić information content (AvgIpc) is 2.63. The van der Waals surface area contributed by atoms with Crippen LogP contribution in [0.5, 0.6) is 5.75 Å². The molecular formula is C9H8F3N3O. The molecule has 0 aliphatic carbocycles. The molecule has 0 spiro atoms. The number of benzene rings is 1. The summed E-state index contributed by atoms with van der Waals surface area (Å²) in [6.45, 7) is 0. The Morgan fingerprint density at radius 3 is 2.62 bits per heavy atom. The third-order valence-electron chi connectivity index (χ3n) is 2.13. The minimum absolute atomic E-state index is 0.0617. The van der Waals surface area contributed by atoms with Gasteiger partial charge in [0.1, 0.15) is 16.8 Å². The van der Waals surface area contributed by atoms with Crippen molar-refractivity contribution >= 4 is 16.7 Å². The van der Waals surface area contributed by atoms with Gasteiger partial charge in [0.05, 0.1) is 12.8 Å². The van der Waals surface area contributed by atoms with Crippen molar-refractivity contribution in [1.29, 1.82) is 0 Å². The van der Waals surface area contributed by atoms with E-state index < -0.39 is 12.0 Å². The molecule has 0 aliphatic rings. The van der Waals surface area contributed by atoms with Crippen LogP contribution in [0.4, 0.5) is 18.9 Å². The van der Waals surface area contributed by atoms with E-state index in [1.54, 1.807) is 0 Å². The van der Waals surface area contributed by atoms with Gasteiger partial charge in [0.15, 0.2) is 0 Å².